The zero-order chi connectivity index (χ0) is 15.6. The molecule has 0 amide bonds. The van der Waals surface area contributed by atoms with Crippen LogP contribution in [0.25, 0.3) is 10.9 Å². The Labute approximate surface area is 124 Å². The Hall–Kier alpha value is -2.76. The van der Waals surface area contributed by atoms with Gasteiger partial charge in [-0.1, -0.05) is 18.2 Å². The number of aromatic amines is 1. The molecule has 6 heteroatoms. The van der Waals surface area contributed by atoms with Gasteiger partial charge in [-0.05, 0) is 30.3 Å². The van der Waals surface area contributed by atoms with Crippen molar-refractivity contribution >= 4 is 22.8 Å². The van der Waals surface area contributed by atoms with Gasteiger partial charge in [-0.3, -0.25) is 5.43 Å². The zero-order valence-corrected chi connectivity index (χ0v) is 11.4. The average Bonchev–Trinajstić information content (AvgIpc) is 2.90. The highest BCUT2D eigenvalue weighted by Gasteiger charge is 2.29. The van der Waals surface area contributed by atoms with Crippen molar-refractivity contribution in [2.45, 2.75) is 6.18 Å². The third-order valence-corrected chi connectivity index (χ3v) is 3.23. The summed E-state index contributed by atoms with van der Waals surface area (Å²) in [5, 5.41) is 5.08. The number of halogens is 3. The summed E-state index contributed by atoms with van der Waals surface area (Å²) >= 11 is 0. The molecule has 0 spiro atoms. The number of nitrogens with zero attached hydrogens (tertiary/aromatic N) is 1. The van der Waals surface area contributed by atoms with E-state index in [2.05, 4.69) is 15.5 Å². The van der Waals surface area contributed by atoms with E-state index in [1.165, 1.54) is 12.1 Å². The molecule has 0 aliphatic heterocycles. The quantitative estimate of drug-likeness (QED) is 0.537. The molecule has 2 aromatic carbocycles. The molecule has 0 unspecified atom stereocenters. The molecule has 0 aliphatic carbocycles. The number of aromatic nitrogens is 1. The number of hydrogen-bond acceptors (Lipinski definition) is 2. The fourth-order valence-corrected chi connectivity index (χ4v) is 2.11. The Balaban J connectivity index is 1.72. The third kappa shape index (κ3) is 2.95. The molecule has 1 heterocycles. The number of alkyl halides is 3. The number of rotatable bonds is 3. The lowest BCUT2D eigenvalue weighted by Crippen LogP contribution is -2.04. The van der Waals surface area contributed by atoms with Crippen LogP contribution in [0.5, 0.6) is 0 Å². The molecule has 0 aliphatic rings. The number of nitrogens with one attached hydrogen (secondary N) is 2. The van der Waals surface area contributed by atoms with E-state index in [1.54, 1.807) is 6.21 Å². The summed E-state index contributed by atoms with van der Waals surface area (Å²) in [5.74, 6) is 0. The SMILES string of the molecule is FC(F)(F)c1ccc(N/N=C/c2c[nH]c3ccccc23)cc1. The van der Waals surface area contributed by atoms with E-state index in [9.17, 15) is 13.2 Å². The Morgan fingerprint density at radius 2 is 1.73 bits per heavy atom. The maximum atomic E-state index is 12.5. The van der Waals surface area contributed by atoms with Crippen molar-refractivity contribution in [1.82, 2.24) is 4.98 Å². The number of hydrazone groups is 1. The summed E-state index contributed by atoms with van der Waals surface area (Å²) in [5.41, 5.74) is 4.42. The van der Waals surface area contributed by atoms with Gasteiger partial charge in [-0.15, -0.1) is 0 Å². The second-order valence-corrected chi connectivity index (χ2v) is 4.73. The predicted molar refractivity (Wildman–Crippen MR) is 81.0 cm³/mol. The van der Waals surface area contributed by atoms with Crippen LogP contribution >= 0.6 is 0 Å². The van der Waals surface area contributed by atoms with Crippen molar-refractivity contribution < 1.29 is 13.2 Å². The second kappa shape index (κ2) is 5.55. The van der Waals surface area contributed by atoms with Crippen LogP contribution < -0.4 is 5.43 Å². The van der Waals surface area contributed by atoms with E-state index in [1.807, 2.05) is 30.5 Å². The number of para-hydroxylation sites is 1. The molecule has 0 bridgehead atoms. The maximum Gasteiger partial charge on any atom is 0.416 e. The Kier molecular flexibility index (Phi) is 3.58. The molecule has 0 saturated carbocycles. The van der Waals surface area contributed by atoms with Gasteiger partial charge in [0.25, 0.3) is 0 Å². The van der Waals surface area contributed by atoms with E-state index >= 15 is 0 Å². The van der Waals surface area contributed by atoms with Crippen molar-refractivity contribution in [1.29, 1.82) is 0 Å². The van der Waals surface area contributed by atoms with Gasteiger partial charge in [-0.2, -0.15) is 18.3 Å². The summed E-state index contributed by atoms with van der Waals surface area (Å²) in [7, 11) is 0. The molecular formula is C16H12F3N3. The van der Waals surface area contributed by atoms with Gasteiger partial charge in [0.15, 0.2) is 0 Å². The molecule has 0 fully saturated rings. The van der Waals surface area contributed by atoms with E-state index in [4.69, 9.17) is 0 Å². The van der Waals surface area contributed by atoms with Crippen LogP contribution in [0.1, 0.15) is 11.1 Å². The molecule has 0 atom stereocenters. The molecule has 22 heavy (non-hydrogen) atoms. The first-order chi connectivity index (χ1) is 10.5. The van der Waals surface area contributed by atoms with Crippen LogP contribution in [0.4, 0.5) is 18.9 Å². The van der Waals surface area contributed by atoms with Crippen molar-refractivity contribution in [2.75, 3.05) is 5.43 Å². The highest BCUT2D eigenvalue weighted by Crippen LogP contribution is 2.29. The van der Waals surface area contributed by atoms with Crippen molar-refractivity contribution in [3.05, 3.63) is 65.9 Å². The topological polar surface area (TPSA) is 40.2 Å². The molecule has 3 rings (SSSR count). The number of anilines is 1. The van der Waals surface area contributed by atoms with E-state index in [0.717, 1.165) is 28.6 Å². The summed E-state index contributed by atoms with van der Waals surface area (Å²) < 4.78 is 37.4. The normalized spacial score (nSPS) is 12.1. The van der Waals surface area contributed by atoms with Gasteiger partial charge in [-0.25, -0.2) is 0 Å². The molecule has 0 saturated heterocycles. The second-order valence-electron chi connectivity index (χ2n) is 4.73. The summed E-state index contributed by atoms with van der Waals surface area (Å²) in [6, 6.07) is 12.5. The molecular weight excluding hydrogens is 291 g/mol. The first-order valence-electron chi connectivity index (χ1n) is 6.56. The van der Waals surface area contributed by atoms with Gasteiger partial charge in [0, 0.05) is 22.7 Å². The van der Waals surface area contributed by atoms with Gasteiger partial charge >= 0.3 is 6.18 Å². The smallest absolute Gasteiger partial charge is 0.361 e. The molecule has 112 valence electrons. The van der Waals surface area contributed by atoms with Crippen molar-refractivity contribution in [3.63, 3.8) is 0 Å². The molecule has 3 nitrogen and oxygen atoms in total. The first kappa shape index (κ1) is 14.2. The highest BCUT2D eigenvalue weighted by atomic mass is 19.4. The maximum absolute atomic E-state index is 12.5. The van der Waals surface area contributed by atoms with Crippen LogP contribution in [0, 0.1) is 0 Å². The zero-order valence-electron chi connectivity index (χ0n) is 11.4. The van der Waals surface area contributed by atoms with Gasteiger partial charge in [0.1, 0.15) is 0 Å². The Morgan fingerprint density at radius 1 is 1.00 bits per heavy atom. The van der Waals surface area contributed by atoms with Crippen molar-refractivity contribution in [3.8, 4) is 0 Å². The van der Waals surface area contributed by atoms with E-state index in [0.29, 0.717) is 5.69 Å². The van der Waals surface area contributed by atoms with Crippen LogP contribution in [-0.2, 0) is 6.18 Å². The lowest BCUT2D eigenvalue weighted by Gasteiger charge is -2.06. The molecule has 1 aromatic heterocycles. The molecule has 2 N–H and O–H groups in total. The minimum atomic E-state index is -4.33. The van der Waals surface area contributed by atoms with Crippen LogP contribution in [0.2, 0.25) is 0 Å². The Morgan fingerprint density at radius 3 is 2.45 bits per heavy atom. The molecule has 0 radical (unpaired) electrons. The van der Waals surface area contributed by atoms with Gasteiger partial charge in [0.2, 0.25) is 0 Å². The number of H-pyrrole nitrogens is 1. The number of benzene rings is 2. The number of hydrogen-bond donors (Lipinski definition) is 2. The van der Waals surface area contributed by atoms with Crippen LogP contribution in [0.15, 0.2) is 59.8 Å². The van der Waals surface area contributed by atoms with Gasteiger partial charge in [0.05, 0.1) is 17.5 Å². The van der Waals surface area contributed by atoms with Crippen molar-refractivity contribution in [2.24, 2.45) is 5.10 Å². The van der Waals surface area contributed by atoms with Crippen LogP contribution in [0.3, 0.4) is 0 Å². The minimum Gasteiger partial charge on any atom is -0.361 e. The van der Waals surface area contributed by atoms with Crippen LogP contribution in [-0.4, -0.2) is 11.2 Å². The third-order valence-electron chi connectivity index (χ3n) is 3.23. The predicted octanol–water partition coefficient (Wildman–Crippen LogP) is 4.63. The first-order valence-corrected chi connectivity index (χ1v) is 6.56. The largest absolute Gasteiger partial charge is 0.416 e. The monoisotopic (exact) mass is 303 g/mol. The standard InChI is InChI=1S/C16H12F3N3/c17-16(18,19)12-5-7-13(8-6-12)22-21-10-11-9-20-15-4-2-1-3-14(11)15/h1-10,20,22H/b21-10+. The highest BCUT2D eigenvalue weighted by molar-refractivity contribution is 5.99. The van der Waals surface area contributed by atoms with Gasteiger partial charge < -0.3 is 4.98 Å². The summed E-state index contributed by atoms with van der Waals surface area (Å²) in [6.07, 6.45) is -0.884. The van der Waals surface area contributed by atoms with E-state index in [-0.39, 0.29) is 0 Å². The van der Waals surface area contributed by atoms with E-state index < -0.39 is 11.7 Å². The summed E-state index contributed by atoms with van der Waals surface area (Å²) in [4.78, 5) is 3.12. The lowest BCUT2D eigenvalue weighted by atomic mass is 10.2. The number of fused-ring (bicyclic) bond motifs is 1. The lowest BCUT2D eigenvalue weighted by molar-refractivity contribution is -0.137. The fourth-order valence-electron chi connectivity index (χ4n) is 2.11. The Bertz CT molecular complexity index is 801. The minimum absolute atomic E-state index is 0.490. The average molecular weight is 303 g/mol. The summed E-state index contributed by atoms with van der Waals surface area (Å²) in [6.45, 7) is 0. The molecule has 3 aromatic rings. The fraction of sp³-hybridized carbons (Fsp3) is 0.0625.